The molecule has 3 fully saturated rings. The zero-order chi connectivity index (χ0) is 21.1. The molecule has 4 rings (SSSR count). The number of hydrogen-bond donors (Lipinski definition) is 2. The standard InChI is InChI=1S/C23H35N5O2/c1-26-13-10-18(11-14-26)28-15-12-20-22(28)23(30)24-16-19(27(20)2)8-9-21(29)25-17-6-4-3-5-7-17/h3-7,18-20,22H,8-16H2,1-2H3,(H,24,30)(H,25,29)/t19-,20-,22-/m0/s1. The molecule has 0 bridgehead atoms. The highest BCUT2D eigenvalue weighted by Gasteiger charge is 2.47. The molecule has 0 saturated carbocycles. The van der Waals surface area contributed by atoms with E-state index in [1.165, 1.54) is 0 Å². The summed E-state index contributed by atoms with van der Waals surface area (Å²) in [5, 5.41) is 6.15. The first-order valence-corrected chi connectivity index (χ1v) is 11.3. The Bertz CT molecular complexity index is 734. The SMILES string of the molecule is CN1CCC(N2CC[C@H]3[C@H]2C(=O)NC[C@H](CCC(=O)Nc2ccccc2)N3C)CC1. The third kappa shape index (κ3) is 4.68. The molecule has 0 spiro atoms. The highest BCUT2D eigenvalue weighted by Crippen LogP contribution is 2.31. The highest BCUT2D eigenvalue weighted by atomic mass is 16.2. The molecule has 7 heteroatoms. The molecule has 164 valence electrons. The molecule has 3 saturated heterocycles. The topological polar surface area (TPSA) is 67.9 Å². The molecule has 0 radical (unpaired) electrons. The van der Waals surface area contributed by atoms with Gasteiger partial charge in [-0.3, -0.25) is 19.4 Å². The third-order valence-electron chi connectivity index (χ3n) is 7.20. The molecule has 0 aliphatic carbocycles. The monoisotopic (exact) mass is 413 g/mol. The fourth-order valence-corrected chi connectivity index (χ4v) is 5.37. The first-order valence-electron chi connectivity index (χ1n) is 11.3. The van der Waals surface area contributed by atoms with Crippen molar-refractivity contribution in [2.45, 2.75) is 56.3 Å². The van der Waals surface area contributed by atoms with Gasteiger partial charge in [-0.1, -0.05) is 18.2 Å². The van der Waals surface area contributed by atoms with Crippen LogP contribution in [0.3, 0.4) is 0 Å². The van der Waals surface area contributed by atoms with Gasteiger partial charge >= 0.3 is 0 Å². The van der Waals surface area contributed by atoms with E-state index in [4.69, 9.17) is 0 Å². The van der Waals surface area contributed by atoms with Gasteiger partial charge in [0.1, 0.15) is 6.04 Å². The van der Waals surface area contributed by atoms with Crippen LogP contribution in [-0.2, 0) is 9.59 Å². The van der Waals surface area contributed by atoms with Gasteiger partial charge in [-0.2, -0.15) is 0 Å². The van der Waals surface area contributed by atoms with Gasteiger partial charge in [-0.15, -0.1) is 0 Å². The lowest BCUT2D eigenvalue weighted by atomic mass is 10.0. The second-order valence-corrected chi connectivity index (χ2v) is 9.09. The van der Waals surface area contributed by atoms with Crippen LogP contribution in [0.15, 0.2) is 30.3 Å². The minimum atomic E-state index is -0.0634. The highest BCUT2D eigenvalue weighted by molar-refractivity contribution is 5.90. The number of piperidine rings is 1. The van der Waals surface area contributed by atoms with Crippen LogP contribution >= 0.6 is 0 Å². The third-order valence-corrected chi connectivity index (χ3v) is 7.20. The number of hydrogen-bond acceptors (Lipinski definition) is 5. The van der Waals surface area contributed by atoms with Crippen LogP contribution in [-0.4, -0.2) is 91.0 Å². The van der Waals surface area contributed by atoms with Crippen LogP contribution in [0.25, 0.3) is 0 Å². The van der Waals surface area contributed by atoms with Crippen LogP contribution in [0.2, 0.25) is 0 Å². The number of amides is 2. The van der Waals surface area contributed by atoms with Gasteiger partial charge in [0.25, 0.3) is 0 Å². The Labute approximate surface area is 179 Å². The van der Waals surface area contributed by atoms with Crippen LogP contribution in [0.4, 0.5) is 5.69 Å². The Morgan fingerprint density at radius 2 is 1.83 bits per heavy atom. The summed E-state index contributed by atoms with van der Waals surface area (Å²) in [4.78, 5) is 32.6. The van der Waals surface area contributed by atoms with E-state index in [1.807, 2.05) is 30.3 Å². The Morgan fingerprint density at radius 1 is 1.10 bits per heavy atom. The molecule has 7 nitrogen and oxygen atoms in total. The normalized spacial score (nSPS) is 29.3. The molecule has 3 atom stereocenters. The van der Waals surface area contributed by atoms with Crippen molar-refractivity contribution in [3.8, 4) is 0 Å². The summed E-state index contributed by atoms with van der Waals surface area (Å²) in [6.45, 7) is 3.81. The molecule has 3 aliphatic rings. The number of nitrogens with zero attached hydrogens (tertiary/aromatic N) is 3. The zero-order valence-corrected chi connectivity index (χ0v) is 18.2. The van der Waals surface area contributed by atoms with Crippen LogP contribution in [0, 0.1) is 0 Å². The van der Waals surface area contributed by atoms with Crippen LogP contribution < -0.4 is 10.6 Å². The van der Waals surface area contributed by atoms with E-state index in [2.05, 4.69) is 39.4 Å². The number of carbonyl (C=O) groups excluding carboxylic acids is 2. The summed E-state index contributed by atoms with van der Waals surface area (Å²) >= 11 is 0. The summed E-state index contributed by atoms with van der Waals surface area (Å²) in [7, 11) is 4.31. The number of likely N-dealkylation sites (tertiary alicyclic amines) is 2. The van der Waals surface area contributed by atoms with E-state index in [1.54, 1.807) is 0 Å². The predicted octanol–water partition coefficient (Wildman–Crippen LogP) is 1.37. The number of nitrogens with one attached hydrogen (secondary N) is 2. The summed E-state index contributed by atoms with van der Waals surface area (Å²) in [5.41, 5.74) is 0.828. The van der Waals surface area contributed by atoms with Gasteiger partial charge in [-0.25, -0.2) is 0 Å². The molecule has 1 aromatic carbocycles. The van der Waals surface area contributed by atoms with Crippen molar-refractivity contribution in [3.05, 3.63) is 30.3 Å². The minimum Gasteiger partial charge on any atom is -0.353 e. The van der Waals surface area contributed by atoms with E-state index in [9.17, 15) is 9.59 Å². The average Bonchev–Trinajstić information content (AvgIpc) is 3.15. The molecule has 0 unspecified atom stereocenters. The smallest absolute Gasteiger partial charge is 0.239 e. The molecule has 2 N–H and O–H groups in total. The fourth-order valence-electron chi connectivity index (χ4n) is 5.37. The number of benzene rings is 1. The Morgan fingerprint density at radius 3 is 2.57 bits per heavy atom. The molecular weight excluding hydrogens is 378 g/mol. The largest absolute Gasteiger partial charge is 0.353 e. The Hall–Kier alpha value is -1.96. The van der Waals surface area contributed by atoms with Crippen molar-refractivity contribution in [3.63, 3.8) is 0 Å². The van der Waals surface area contributed by atoms with Gasteiger partial charge in [0.05, 0.1) is 0 Å². The van der Waals surface area contributed by atoms with Crippen molar-refractivity contribution in [2.24, 2.45) is 0 Å². The number of para-hydroxylation sites is 1. The van der Waals surface area contributed by atoms with Gasteiger partial charge in [0, 0.05) is 43.3 Å². The van der Waals surface area contributed by atoms with Gasteiger partial charge < -0.3 is 15.5 Å². The quantitative estimate of drug-likeness (QED) is 0.763. The molecule has 2 amide bonds. The van der Waals surface area contributed by atoms with Gasteiger partial charge in [0.15, 0.2) is 0 Å². The summed E-state index contributed by atoms with van der Waals surface area (Å²) < 4.78 is 0. The van der Waals surface area contributed by atoms with E-state index >= 15 is 0 Å². The van der Waals surface area contributed by atoms with Crippen LogP contribution in [0.1, 0.15) is 32.1 Å². The first kappa shape index (κ1) is 21.3. The second kappa shape index (κ2) is 9.45. The number of carbonyl (C=O) groups is 2. The first-order chi connectivity index (χ1) is 14.5. The second-order valence-electron chi connectivity index (χ2n) is 9.09. The average molecular weight is 414 g/mol. The molecule has 3 heterocycles. The van der Waals surface area contributed by atoms with Crippen molar-refractivity contribution in [2.75, 3.05) is 45.6 Å². The lowest BCUT2D eigenvalue weighted by molar-refractivity contribution is -0.127. The van der Waals surface area contributed by atoms with Crippen LogP contribution in [0.5, 0.6) is 0 Å². The summed E-state index contributed by atoms with van der Waals surface area (Å²) in [6, 6.07) is 10.4. The number of likely N-dealkylation sites (N-methyl/N-ethyl adjacent to an activating group) is 1. The Balaban J connectivity index is 1.35. The zero-order valence-electron chi connectivity index (χ0n) is 18.2. The summed E-state index contributed by atoms with van der Waals surface area (Å²) in [6.07, 6.45) is 4.50. The summed E-state index contributed by atoms with van der Waals surface area (Å²) in [5.74, 6) is 0.195. The number of anilines is 1. The molecule has 1 aromatic rings. The molecule has 3 aliphatic heterocycles. The predicted molar refractivity (Wildman–Crippen MR) is 118 cm³/mol. The number of fused-ring (bicyclic) bond motifs is 1. The van der Waals surface area contributed by atoms with Gasteiger partial charge in [-0.05, 0) is 65.0 Å². The maximum atomic E-state index is 13.0. The van der Waals surface area contributed by atoms with E-state index in [-0.39, 0.29) is 29.9 Å². The lowest BCUT2D eigenvalue weighted by Gasteiger charge is -2.39. The molecular formula is C23H35N5O2. The van der Waals surface area contributed by atoms with E-state index in [0.29, 0.717) is 19.0 Å². The lowest BCUT2D eigenvalue weighted by Crippen LogP contribution is -2.54. The van der Waals surface area contributed by atoms with E-state index in [0.717, 1.165) is 51.0 Å². The van der Waals surface area contributed by atoms with Crippen molar-refractivity contribution in [1.82, 2.24) is 20.0 Å². The molecule has 30 heavy (non-hydrogen) atoms. The van der Waals surface area contributed by atoms with E-state index < -0.39 is 0 Å². The maximum absolute atomic E-state index is 13.0. The maximum Gasteiger partial charge on any atom is 0.239 e. The van der Waals surface area contributed by atoms with Crippen molar-refractivity contribution >= 4 is 17.5 Å². The Kier molecular flexibility index (Phi) is 6.71. The van der Waals surface area contributed by atoms with Crippen molar-refractivity contribution in [1.29, 1.82) is 0 Å². The molecule has 0 aromatic heterocycles. The fraction of sp³-hybridized carbons (Fsp3) is 0.652. The van der Waals surface area contributed by atoms with Crippen molar-refractivity contribution < 1.29 is 9.59 Å². The minimum absolute atomic E-state index is 0.0288. The van der Waals surface area contributed by atoms with Gasteiger partial charge in [0.2, 0.25) is 11.8 Å². The number of rotatable bonds is 5.